The standard InChI is InChI=1S/C16H23N3O5S/c1-25(22,23)14-5-4-13(24-14)16(21)18-9-6-11(7-10-18)19-8-2-3-12(19)15(17)20/h4-5,11-12H,2-3,6-10H2,1H3,(H2,17,20). The van der Waals surface area contributed by atoms with Gasteiger partial charge >= 0.3 is 0 Å². The van der Waals surface area contributed by atoms with Crippen molar-refractivity contribution in [3.8, 4) is 0 Å². The van der Waals surface area contributed by atoms with Crippen LogP contribution in [0, 0.1) is 0 Å². The molecular formula is C16H23N3O5S. The lowest BCUT2D eigenvalue weighted by Gasteiger charge is -2.38. The molecule has 2 amide bonds. The SMILES string of the molecule is CS(=O)(=O)c1ccc(C(=O)N2CCC(N3CCCC3C(N)=O)CC2)o1. The van der Waals surface area contributed by atoms with Gasteiger partial charge in [0.2, 0.25) is 20.8 Å². The van der Waals surface area contributed by atoms with Crippen LogP contribution in [0.2, 0.25) is 0 Å². The minimum absolute atomic E-state index is 0.0371. The third-order valence-corrected chi connectivity index (χ3v) is 5.95. The van der Waals surface area contributed by atoms with Gasteiger partial charge in [0.25, 0.3) is 5.91 Å². The number of carbonyl (C=O) groups excluding carboxylic acids is 2. The van der Waals surface area contributed by atoms with Gasteiger partial charge in [0.15, 0.2) is 5.76 Å². The number of rotatable bonds is 4. The molecule has 2 fully saturated rings. The number of amides is 2. The summed E-state index contributed by atoms with van der Waals surface area (Å²) in [6, 6.07) is 2.74. The molecule has 2 N–H and O–H groups in total. The van der Waals surface area contributed by atoms with E-state index in [1.54, 1.807) is 4.90 Å². The van der Waals surface area contributed by atoms with E-state index in [1.165, 1.54) is 12.1 Å². The maximum absolute atomic E-state index is 12.5. The molecule has 1 atom stereocenters. The summed E-state index contributed by atoms with van der Waals surface area (Å²) in [5.41, 5.74) is 5.48. The molecule has 0 radical (unpaired) electrons. The molecule has 138 valence electrons. The van der Waals surface area contributed by atoms with Gasteiger partial charge in [0.1, 0.15) is 0 Å². The van der Waals surface area contributed by atoms with Crippen molar-refractivity contribution in [3.63, 3.8) is 0 Å². The number of primary amides is 1. The minimum Gasteiger partial charge on any atom is -0.440 e. The van der Waals surface area contributed by atoms with Crippen molar-refractivity contribution in [2.45, 2.75) is 42.9 Å². The number of hydrogen-bond donors (Lipinski definition) is 1. The fraction of sp³-hybridized carbons (Fsp3) is 0.625. The van der Waals surface area contributed by atoms with Gasteiger partial charge in [0, 0.05) is 25.4 Å². The Balaban J connectivity index is 1.61. The molecule has 25 heavy (non-hydrogen) atoms. The lowest BCUT2D eigenvalue weighted by molar-refractivity contribution is -0.123. The third-order valence-electron chi connectivity index (χ3n) is 5.00. The van der Waals surface area contributed by atoms with Crippen LogP contribution in [0.4, 0.5) is 0 Å². The molecule has 0 aromatic carbocycles. The summed E-state index contributed by atoms with van der Waals surface area (Å²) in [7, 11) is -3.47. The molecule has 3 rings (SSSR count). The van der Waals surface area contributed by atoms with E-state index in [1.807, 2.05) is 0 Å². The summed E-state index contributed by atoms with van der Waals surface area (Å²) in [5, 5.41) is -0.202. The van der Waals surface area contributed by atoms with Crippen molar-refractivity contribution < 1.29 is 22.4 Å². The minimum atomic E-state index is -3.47. The monoisotopic (exact) mass is 369 g/mol. The Bertz CT molecular complexity index is 764. The first-order valence-corrected chi connectivity index (χ1v) is 10.3. The van der Waals surface area contributed by atoms with Gasteiger partial charge in [-0.1, -0.05) is 0 Å². The number of nitrogens with zero attached hydrogens (tertiary/aromatic N) is 2. The fourth-order valence-corrected chi connectivity index (χ4v) is 4.28. The zero-order chi connectivity index (χ0) is 18.2. The largest absolute Gasteiger partial charge is 0.440 e. The number of piperidine rings is 1. The van der Waals surface area contributed by atoms with Crippen molar-refractivity contribution in [1.29, 1.82) is 0 Å². The molecule has 1 aromatic heterocycles. The number of carbonyl (C=O) groups is 2. The predicted octanol–water partition coefficient (Wildman–Crippen LogP) is 0.237. The van der Waals surface area contributed by atoms with Crippen molar-refractivity contribution >= 4 is 21.7 Å². The van der Waals surface area contributed by atoms with Gasteiger partial charge in [-0.15, -0.1) is 0 Å². The third kappa shape index (κ3) is 3.72. The van der Waals surface area contributed by atoms with Crippen LogP contribution in [-0.4, -0.2) is 68.0 Å². The van der Waals surface area contributed by atoms with Crippen LogP contribution in [0.1, 0.15) is 36.2 Å². The molecule has 8 nitrogen and oxygen atoms in total. The Morgan fingerprint density at radius 2 is 1.84 bits per heavy atom. The smallest absolute Gasteiger partial charge is 0.289 e. The van der Waals surface area contributed by atoms with E-state index in [4.69, 9.17) is 10.2 Å². The van der Waals surface area contributed by atoms with Crippen LogP contribution in [0.5, 0.6) is 0 Å². The number of likely N-dealkylation sites (tertiary alicyclic amines) is 2. The Hall–Kier alpha value is -1.87. The Morgan fingerprint density at radius 3 is 2.40 bits per heavy atom. The van der Waals surface area contributed by atoms with Crippen LogP contribution >= 0.6 is 0 Å². The molecule has 1 aromatic rings. The number of sulfone groups is 1. The summed E-state index contributed by atoms with van der Waals surface area (Å²) in [6.07, 6.45) is 4.32. The van der Waals surface area contributed by atoms with Gasteiger partial charge in [-0.25, -0.2) is 8.42 Å². The summed E-state index contributed by atoms with van der Waals surface area (Å²) in [4.78, 5) is 27.9. The van der Waals surface area contributed by atoms with E-state index in [9.17, 15) is 18.0 Å². The zero-order valence-corrected chi connectivity index (χ0v) is 15.0. The Morgan fingerprint density at radius 1 is 1.16 bits per heavy atom. The van der Waals surface area contributed by atoms with E-state index in [-0.39, 0.29) is 34.8 Å². The summed E-state index contributed by atoms with van der Waals surface area (Å²) >= 11 is 0. The second-order valence-electron chi connectivity index (χ2n) is 6.71. The normalized spacial score (nSPS) is 23.1. The van der Waals surface area contributed by atoms with Gasteiger partial charge in [-0.2, -0.15) is 0 Å². The first-order valence-electron chi connectivity index (χ1n) is 8.41. The van der Waals surface area contributed by atoms with Crippen molar-refractivity contribution in [1.82, 2.24) is 9.80 Å². The molecule has 1 unspecified atom stereocenters. The maximum Gasteiger partial charge on any atom is 0.289 e. The molecule has 0 aliphatic carbocycles. The summed E-state index contributed by atoms with van der Waals surface area (Å²) in [6.45, 7) is 1.95. The van der Waals surface area contributed by atoms with Crippen LogP contribution in [0.3, 0.4) is 0 Å². The van der Waals surface area contributed by atoms with E-state index in [2.05, 4.69) is 4.90 Å². The number of hydrogen-bond acceptors (Lipinski definition) is 6. The predicted molar refractivity (Wildman–Crippen MR) is 89.7 cm³/mol. The summed E-state index contributed by atoms with van der Waals surface area (Å²) in [5.74, 6) is -0.545. The highest BCUT2D eigenvalue weighted by Gasteiger charge is 2.36. The highest BCUT2D eigenvalue weighted by Crippen LogP contribution is 2.26. The molecule has 2 aliphatic heterocycles. The van der Waals surface area contributed by atoms with Crippen LogP contribution in [0.25, 0.3) is 0 Å². The molecule has 0 bridgehead atoms. The second kappa shape index (κ2) is 6.80. The lowest BCUT2D eigenvalue weighted by atomic mass is 10.0. The quantitative estimate of drug-likeness (QED) is 0.813. The van der Waals surface area contributed by atoms with E-state index in [0.29, 0.717) is 13.1 Å². The average molecular weight is 369 g/mol. The number of furan rings is 1. The zero-order valence-electron chi connectivity index (χ0n) is 14.2. The van der Waals surface area contributed by atoms with Gasteiger partial charge < -0.3 is 15.1 Å². The van der Waals surface area contributed by atoms with Crippen molar-refractivity contribution in [2.24, 2.45) is 5.73 Å². The van der Waals surface area contributed by atoms with Gasteiger partial charge in [-0.05, 0) is 44.4 Å². The van der Waals surface area contributed by atoms with Gasteiger partial charge in [-0.3, -0.25) is 14.5 Å². The van der Waals surface area contributed by atoms with Crippen LogP contribution < -0.4 is 5.73 Å². The van der Waals surface area contributed by atoms with Crippen molar-refractivity contribution in [3.05, 3.63) is 17.9 Å². The highest BCUT2D eigenvalue weighted by molar-refractivity contribution is 7.90. The second-order valence-corrected chi connectivity index (χ2v) is 8.66. The molecule has 2 saturated heterocycles. The average Bonchev–Trinajstić information content (AvgIpc) is 3.23. The summed E-state index contributed by atoms with van der Waals surface area (Å²) < 4.78 is 28.1. The Kier molecular flexibility index (Phi) is 4.88. The van der Waals surface area contributed by atoms with Crippen LogP contribution in [-0.2, 0) is 14.6 Å². The molecule has 0 saturated carbocycles. The molecule has 2 aliphatic rings. The van der Waals surface area contributed by atoms with E-state index >= 15 is 0 Å². The molecule has 0 spiro atoms. The maximum atomic E-state index is 12.5. The number of nitrogens with two attached hydrogens (primary N) is 1. The van der Waals surface area contributed by atoms with Crippen LogP contribution in [0.15, 0.2) is 21.6 Å². The molecule has 9 heteroatoms. The molecule has 3 heterocycles. The van der Waals surface area contributed by atoms with E-state index in [0.717, 1.165) is 38.5 Å². The highest BCUT2D eigenvalue weighted by atomic mass is 32.2. The lowest BCUT2D eigenvalue weighted by Crippen LogP contribution is -2.51. The van der Waals surface area contributed by atoms with Gasteiger partial charge in [0.05, 0.1) is 6.04 Å². The fourth-order valence-electron chi connectivity index (χ4n) is 3.72. The first-order chi connectivity index (χ1) is 11.8. The first kappa shape index (κ1) is 17.9. The van der Waals surface area contributed by atoms with E-state index < -0.39 is 9.84 Å². The molecular weight excluding hydrogens is 346 g/mol. The Labute approximate surface area is 146 Å². The van der Waals surface area contributed by atoms with Crippen molar-refractivity contribution in [2.75, 3.05) is 25.9 Å². The topological polar surface area (TPSA) is 114 Å².